The van der Waals surface area contributed by atoms with E-state index in [0.29, 0.717) is 18.4 Å². The predicted molar refractivity (Wildman–Crippen MR) is 110 cm³/mol. The average molecular weight is 388 g/mol. The Bertz CT molecular complexity index is 1140. The number of benzene rings is 1. The summed E-state index contributed by atoms with van der Waals surface area (Å²) in [5.41, 5.74) is 4.57. The van der Waals surface area contributed by atoms with Crippen molar-refractivity contribution < 1.29 is 9.18 Å². The molecule has 2 aromatic heterocycles. The Kier molecular flexibility index (Phi) is 4.15. The highest BCUT2D eigenvalue weighted by Crippen LogP contribution is 2.36. The van der Waals surface area contributed by atoms with E-state index < -0.39 is 5.67 Å². The lowest BCUT2D eigenvalue weighted by atomic mass is 9.98. The molecule has 146 valence electrons. The summed E-state index contributed by atoms with van der Waals surface area (Å²) in [4.78, 5) is 20.6. The highest BCUT2D eigenvalue weighted by molar-refractivity contribution is 6.13. The van der Waals surface area contributed by atoms with Gasteiger partial charge in [0.15, 0.2) is 0 Å². The molecule has 6 heteroatoms. The van der Waals surface area contributed by atoms with Crippen LogP contribution in [-0.4, -0.2) is 32.6 Å². The molecule has 1 aromatic carbocycles. The molecule has 0 unspecified atom stereocenters. The lowest BCUT2D eigenvalue weighted by Gasteiger charge is -2.18. The van der Waals surface area contributed by atoms with Crippen LogP contribution in [0.4, 0.5) is 4.39 Å². The van der Waals surface area contributed by atoms with Crippen LogP contribution < -0.4 is 0 Å². The standard InChI is InChI=1S/C23H21FN4O/c1-15-4-7-19(18-12-26-28(13-18)14-23(24)8-2-3-9-23)21(27-15)16-5-6-17-11-25-22(29)20(17)10-16/h4-7,10-13H,2-3,8-9,14H2,1H3. The van der Waals surface area contributed by atoms with Gasteiger partial charge in [-0.2, -0.15) is 5.10 Å². The second-order valence-electron chi connectivity index (χ2n) is 8.00. The number of alkyl halides is 1. The number of aryl methyl sites for hydroxylation is 1. The number of fused-ring (bicyclic) bond motifs is 1. The quantitative estimate of drug-likeness (QED) is 0.646. The van der Waals surface area contributed by atoms with Gasteiger partial charge in [0.25, 0.3) is 5.91 Å². The molecule has 5 nitrogen and oxygen atoms in total. The lowest BCUT2D eigenvalue weighted by molar-refractivity contribution is 0.101. The fourth-order valence-electron chi connectivity index (χ4n) is 4.25. The molecule has 0 spiro atoms. The van der Waals surface area contributed by atoms with Crippen LogP contribution in [0.25, 0.3) is 22.4 Å². The summed E-state index contributed by atoms with van der Waals surface area (Å²) in [5, 5.41) is 4.40. The molecular weight excluding hydrogens is 367 g/mol. The van der Waals surface area contributed by atoms with Gasteiger partial charge in [0, 0.05) is 40.4 Å². The monoisotopic (exact) mass is 388 g/mol. The third-order valence-electron chi connectivity index (χ3n) is 5.80. The highest BCUT2D eigenvalue weighted by atomic mass is 19.1. The fourth-order valence-corrected chi connectivity index (χ4v) is 4.25. The van der Waals surface area contributed by atoms with E-state index in [1.165, 1.54) is 0 Å². The minimum absolute atomic E-state index is 0.228. The van der Waals surface area contributed by atoms with E-state index in [1.807, 2.05) is 43.5 Å². The van der Waals surface area contributed by atoms with Gasteiger partial charge in [-0.15, -0.1) is 0 Å². The second-order valence-corrected chi connectivity index (χ2v) is 8.00. The van der Waals surface area contributed by atoms with Crippen LogP contribution in [0.2, 0.25) is 0 Å². The first-order valence-corrected chi connectivity index (χ1v) is 9.93. The van der Waals surface area contributed by atoms with Crippen molar-refractivity contribution in [1.82, 2.24) is 14.8 Å². The Labute approximate surface area is 168 Å². The first kappa shape index (κ1) is 17.9. The van der Waals surface area contributed by atoms with Crippen molar-refractivity contribution in [3.05, 3.63) is 59.5 Å². The molecule has 0 N–H and O–H groups in total. The van der Waals surface area contributed by atoms with Gasteiger partial charge in [-0.25, -0.2) is 9.38 Å². The van der Waals surface area contributed by atoms with E-state index in [0.717, 1.165) is 46.5 Å². The van der Waals surface area contributed by atoms with Gasteiger partial charge in [0.05, 0.1) is 24.0 Å². The Hall–Kier alpha value is -3.15. The van der Waals surface area contributed by atoms with E-state index in [9.17, 15) is 9.18 Å². The summed E-state index contributed by atoms with van der Waals surface area (Å²) in [6.45, 7) is 2.22. The summed E-state index contributed by atoms with van der Waals surface area (Å²) < 4.78 is 16.6. The minimum atomic E-state index is -1.15. The normalized spacial score (nSPS) is 17.1. The molecule has 1 aliphatic heterocycles. The molecule has 3 heterocycles. The fraction of sp³-hybridized carbons (Fsp3) is 0.304. The van der Waals surface area contributed by atoms with E-state index in [1.54, 1.807) is 17.1 Å². The number of hydrogen-bond acceptors (Lipinski definition) is 3. The van der Waals surface area contributed by atoms with Gasteiger partial charge in [0.1, 0.15) is 5.67 Å². The minimum Gasteiger partial charge on any atom is -0.269 e. The molecule has 0 radical (unpaired) electrons. The lowest BCUT2D eigenvalue weighted by Crippen LogP contribution is -2.25. The molecule has 3 aromatic rings. The van der Waals surface area contributed by atoms with Gasteiger partial charge in [-0.05, 0) is 31.9 Å². The molecule has 1 fully saturated rings. The smallest absolute Gasteiger partial charge is 0.269 e. The summed E-state index contributed by atoms with van der Waals surface area (Å²) in [7, 11) is 0. The third-order valence-corrected chi connectivity index (χ3v) is 5.80. The highest BCUT2D eigenvalue weighted by Gasteiger charge is 2.34. The van der Waals surface area contributed by atoms with Crippen LogP contribution >= 0.6 is 0 Å². The molecule has 1 aliphatic carbocycles. The van der Waals surface area contributed by atoms with Crippen molar-refractivity contribution in [2.75, 3.05) is 0 Å². The third kappa shape index (κ3) is 3.28. The number of carbonyl (C=O) groups excluding carboxylic acids is 1. The van der Waals surface area contributed by atoms with Crippen LogP contribution in [0.15, 0.2) is 47.7 Å². The maximum absolute atomic E-state index is 14.9. The Balaban J connectivity index is 1.53. The Morgan fingerprint density at radius 2 is 1.93 bits per heavy atom. The van der Waals surface area contributed by atoms with E-state index in [-0.39, 0.29) is 12.5 Å². The topological polar surface area (TPSA) is 60.1 Å². The van der Waals surface area contributed by atoms with E-state index in [4.69, 9.17) is 4.98 Å². The van der Waals surface area contributed by atoms with E-state index in [2.05, 4.69) is 10.1 Å². The van der Waals surface area contributed by atoms with Gasteiger partial charge in [0.2, 0.25) is 0 Å². The van der Waals surface area contributed by atoms with Gasteiger partial charge >= 0.3 is 0 Å². The van der Waals surface area contributed by atoms with Gasteiger partial charge < -0.3 is 0 Å². The zero-order chi connectivity index (χ0) is 20.0. The van der Waals surface area contributed by atoms with Crippen molar-refractivity contribution in [2.45, 2.75) is 44.8 Å². The first-order valence-electron chi connectivity index (χ1n) is 9.93. The van der Waals surface area contributed by atoms with Crippen molar-refractivity contribution in [2.24, 2.45) is 4.99 Å². The number of hydrogen-bond donors (Lipinski definition) is 0. The molecular formula is C23H21FN4O. The van der Waals surface area contributed by atoms with Crippen LogP contribution in [0.3, 0.4) is 0 Å². The maximum atomic E-state index is 14.9. The molecule has 29 heavy (non-hydrogen) atoms. The van der Waals surface area contributed by atoms with Crippen molar-refractivity contribution in [3.8, 4) is 22.4 Å². The number of pyridine rings is 1. The molecule has 0 bridgehead atoms. The first-order chi connectivity index (χ1) is 14.0. The van der Waals surface area contributed by atoms with Crippen LogP contribution in [0.5, 0.6) is 0 Å². The molecule has 5 rings (SSSR count). The number of aromatic nitrogens is 3. The molecule has 1 amide bonds. The molecule has 2 aliphatic rings. The van der Waals surface area contributed by atoms with Gasteiger partial charge in [-0.1, -0.05) is 31.0 Å². The zero-order valence-electron chi connectivity index (χ0n) is 16.2. The van der Waals surface area contributed by atoms with Crippen molar-refractivity contribution in [3.63, 3.8) is 0 Å². The average Bonchev–Trinajstić information content (AvgIpc) is 3.43. The largest absolute Gasteiger partial charge is 0.277 e. The number of aliphatic imine (C=N–C) groups is 1. The summed E-state index contributed by atoms with van der Waals surface area (Å²) in [6.07, 6.45) is 8.32. The molecule has 0 saturated heterocycles. The second kappa shape index (κ2) is 6.72. The van der Waals surface area contributed by atoms with Crippen molar-refractivity contribution in [1.29, 1.82) is 0 Å². The zero-order valence-corrected chi connectivity index (χ0v) is 16.2. The maximum Gasteiger partial charge on any atom is 0.277 e. The number of amides is 1. The molecule has 0 atom stereocenters. The Morgan fingerprint density at radius 1 is 1.10 bits per heavy atom. The Morgan fingerprint density at radius 3 is 2.76 bits per heavy atom. The SMILES string of the molecule is Cc1ccc(-c2cnn(CC3(F)CCCC3)c2)c(-c2ccc3c(c2)C(=O)N=C3)n1. The predicted octanol–water partition coefficient (Wildman–Crippen LogP) is 4.78. The van der Waals surface area contributed by atoms with Crippen molar-refractivity contribution >= 4 is 12.1 Å². The number of carbonyl (C=O) groups is 1. The van der Waals surface area contributed by atoms with Crippen LogP contribution in [0.1, 0.15) is 47.3 Å². The van der Waals surface area contributed by atoms with Crippen LogP contribution in [0, 0.1) is 6.92 Å². The summed E-state index contributed by atoms with van der Waals surface area (Å²) in [6, 6.07) is 9.64. The number of rotatable bonds is 4. The van der Waals surface area contributed by atoms with E-state index >= 15 is 0 Å². The summed E-state index contributed by atoms with van der Waals surface area (Å²) >= 11 is 0. The molecule has 1 saturated carbocycles. The summed E-state index contributed by atoms with van der Waals surface area (Å²) in [5.74, 6) is -0.228. The van der Waals surface area contributed by atoms with Crippen LogP contribution in [-0.2, 0) is 6.54 Å². The number of nitrogens with zero attached hydrogens (tertiary/aromatic N) is 4. The van der Waals surface area contributed by atoms with Gasteiger partial charge in [-0.3, -0.25) is 14.5 Å². The number of halogens is 1.